The highest BCUT2D eigenvalue weighted by atomic mass is 79.9. The van der Waals surface area contributed by atoms with Gasteiger partial charge in [0.2, 0.25) is 0 Å². The van der Waals surface area contributed by atoms with Gasteiger partial charge in [-0.15, -0.1) is 0 Å². The number of aromatic nitrogens is 2. The molecule has 0 aliphatic rings. The first-order valence-corrected chi connectivity index (χ1v) is 13.3. The molecule has 0 unspecified atom stereocenters. The number of hydrogen-bond acceptors (Lipinski definition) is 5. The Morgan fingerprint density at radius 3 is 1.68 bits per heavy atom. The van der Waals surface area contributed by atoms with Crippen LogP contribution in [0.25, 0.3) is 11.3 Å². The van der Waals surface area contributed by atoms with Crippen LogP contribution in [0.5, 0.6) is 0 Å². The molecule has 0 radical (unpaired) electrons. The summed E-state index contributed by atoms with van der Waals surface area (Å²) in [5, 5.41) is 5.78. The van der Waals surface area contributed by atoms with Crippen LogP contribution in [-0.2, 0) is 20.0 Å². The molecule has 1 heterocycles. The Morgan fingerprint density at radius 2 is 1.22 bits per heavy atom. The van der Waals surface area contributed by atoms with Gasteiger partial charge in [0.1, 0.15) is 44.6 Å². The number of rotatable bonds is 6. The monoisotopic (exact) mass is 625 g/mol. The van der Waals surface area contributed by atoms with Crippen molar-refractivity contribution in [2.45, 2.75) is 9.79 Å². The van der Waals surface area contributed by atoms with Gasteiger partial charge in [0, 0.05) is 0 Å². The fourth-order valence-corrected chi connectivity index (χ4v) is 7.49. The molecule has 194 valence electrons. The van der Waals surface area contributed by atoms with E-state index in [1.165, 1.54) is 0 Å². The lowest BCUT2D eigenvalue weighted by molar-refractivity contribution is 0.544. The van der Waals surface area contributed by atoms with Gasteiger partial charge in [-0.1, -0.05) is 0 Å². The summed E-state index contributed by atoms with van der Waals surface area (Å²) in [6, 6.07) is 2.78. The summed E-state index contributed by atoms with van der Waals surface area (Å²) in [5.41, 5.74) is -2.83. The zero-order valence-electron chi connectivity index (χ0n) is 17.7. The molecular weight excluding hydrogens is 616 g/mol. The van der Waals surface area contributed by atoms with Crippen molar-refractivity contribution >= 4 is 41.7 Å². The summed E-state index contributed by atoms with van der Waals surface area (Å²) in [4.78, 5) is -3.17. The van der Waals surface area contributed by atoms with Crippen molar-refractivity contribution < 1.29 is 43.2 Å². The molecule has 1 N–H and O–H groups in total. The zero-order chi connectivity index (χ0) is 27.3. The predicted octanol–water partition coefficient (Wildman–Crippen LogP) is 5.26. The van der Waals surface area contributed by atoms with E-state index in [4.69, 9.17) is 0 Å². The average Bonchev–Trinajstić information content (AvgIpc) is 3.24. The molecule has 0 aliphatic carbocycles. The van der Waals surface area contributed by atoms with Crippen molar-refractivity contribution in [3.05, 3.63) is 94.1 Å². The number of halogens is 7. The van der Waals surface area contributed by atoms with E-state index in [9.17, 15) is 38.8 Å². The highest BCUT2D eigenvalue weighted by molar-refractivity contribution is 9.10. The van der Waals surface area contributed by atoms with Crippen molar-refractivity contribution in [2.24, 2.45) is 0 Å². The Bertz CT molecular complexity index is 1680. The largest absolute Gasteiger partial charge is 0.280 e. The van der Waals surface area contributed by atoms with Crippen LogP contribution in [-0.4, -0.2) is 27.0 Å². The zero-order valence-corrected chi connectivity index (χ0v) is 20.9. The van der Waals surface area contributed by atoms with Gasteiger partial charge in [0.05, 0.1) is 21.9 Å². The molecule has 1 aromatic heterocycles. The summed E-state index contributed by atoms with van der Waals surface area (Å²) in [6.45, 7) is 0. The van der Waals surface area contributed by atoms with Gasteiger partial charge >= 0.3 is 0 Å². The molecule has 16 heteroatoms. The topological polar surface area (TPSA) is 100 Å². The second kappa shape index (κ2) is 9.50. The number of nitrogens with one attached hydrogen (secondary N) is 1. The van der Waals surface area contributed by atoms with Crippen LogP contribution in [0.2, 0.25) is 0 Å². The summed E-state index contributed by atoms with van der Waals surface area (Å²) < 4.78 is 140. The maximum atomic E-state index is 15.8. The molecule has 7 nitrogen and oxygen atoms in total. The number of H-pyrrole nitrogens is 1. The van der Waals surface area contributed by atoms with Gasteiger partial charge in [-0.2, -0.15) is 25.6 Å². The first-order valence-electron chi connectivity index (χ1n) is 9.64. The van der Waals surface area contributed by atoms with Crippen LogP contribution in [0, 0.1) is 34.9 Å². The summed E-state index contributed by atoms with van der Waals surface area (Å²) in [5.74, 6) is -9.09. The average molecular weight is 626 g/mol. The Balaban J connectivity index is 2.12. The van der Waals surface area contributed by atoms with E-state index in [-0.39, 0.29) is 22.3 Å². The van der Waals surface area contributed by atoms with Crippen molar-refractivity contribution in [1.82, 2.24) is 10.2 Å². The molecule has 4 aromatic rings. The highest BCUT2D eigenvalue weighted by Gasteiger charge is 2.42. The summed E-state index contributed by atoms with van der Waals surface area (Å²) in [6.07, 6.45) is 1.08. The van der Waals surface area contributed by atoms with E-state index < -0.39 is 79.7 Å². The third-order valence-electron chi connectivity index (χ3n) is 4.89. The maximum Gasteiger partial charge on any atom is 0.280 e. The van der Waals surface area contributed by atoms with Crippen molar-refractivity contribution in [2.75, 3.05) is 3.71 Å². The van der Waals surface area contributed by atoms with Gasteiger partial charge < -0.3 is 0 Å². The molecule has 0 fully saturated rings. The fraction of sp³-hybridized carbons (Fsp3) is 0. The number of benzene rings is 3. The first-order chi connectivity index (χ1) is 17.3. The standard InChI is InChI=1S/C21H10BrF6N3O4S2/c22-12-9-29-30-21(12)19-15(27)5-6-16(20(19)28)31(36(32,33)17-7-10(23)1-3-13(17)25)37(34,35)18-8-11(24)2-4-14(18)26/h1-9H,(H,29,30). The quantitative estimate of drug-likeness (QED) is 0.295. The van der Waals surface area contributed by atoms with Crippen molar-refractivity contribution in [1.29, 1.82) is 0 Å². The van der Waals surface area contributed by atoms with Gasteiger partial charge in [0.25, 0.3) is 20.0 Å². The van der Waals surface area contributed by atoms with E-state index in [1.807, 2.05) is 0 Å². The number of hydrogen-bond donors (Lipinski definition) is 1. The van der Waals surface area contributed by atoms with Gasteiger partial charge in [0.15, 0.2) is 5.82 Å². The smallest absolute Gasteiger partial charge is 0.276 e. The van der Waals surface area contributed by atoms with Crippen LogP contribution < -0.4 is 3.71 Å². The lowest BCUT2D eigenvalue weighted by Crippen LogP contribution is -2.38. The number of anilines is 1. The van der Waals surface area contributed by atoms with Crippen LogP contribution in [0.4, 0.5) is 32.0 Å². The molecular formula is C21H10BrF6N3O4S2. The molecule has 0 spiro atoms. The van der Waals surface area contributed by atoms with Gasteiger partial charge in [-0.3, -0.25) is 5.10 Å². The summed E-state index contributed by atoms with van der Waals surface area (Å²) in [7, 11) is -11.7. The van der Waals surface area contributed by atoms with Gasteiger partial charge in [-0.25, -0.2) is 26.3 Å². The van der Waals surface area contributed by atoms with E-state index in [0.29, 0.717) is 36.4 Å². The third-order valence-corrected chi connectivity index (χ3v) is 9.67. The Morgan fingerprint density at radius 1 is 0.730 bits per heavy atom. The Labute approximate surface area is 213 Å². The number of nitrogens with zero attached hydrogens (tertiary/aromatic N) is 2. The fourth-order valence-electron chi connectivity index (χ4n) is 3.27. The second-order valence-corrected chi connectivity index (χ2v) is 11.8. The Hall–Kier alpha value is -3.37. The lowest BCUT2D eigenvalue weighted by Gasteiger charge is -2.25. The molecule has 3 aromatic carbocycles. The molecule has 0 amide bonds. The highest BCUT2D eigenvalue weighted by Crippen LogP contribution is 2.40. The van der Waals surface area contributed by atoms with Crippen molar-refractivity contribution in [3.63, 3.8) is 0 Å². The minimum Gasteiger partial charge on any atom is -0.276 e. The molecule has 0 bridgehead atoms. The lowest BCUT2D eigenvalue weighted by atomic mass is 10.1. The van der Waals surface area contributed by atoms with E-state index >= 15 is 4.39 Å². The van der Waals surface area contributed by atoms with Crippen LogP contribution in [0.15, 0.2) is 69.0 Å². The van der Waals surface area contributed by atoms with Crippen LogP contribution in [0.1, 0.15) is 0 Å². The van der Waals surface area contributed by atoms with E-state index in [0.717, 1.165) is 6.20 Å². The normalized spacial score (nSPS) is 12.1. The summed E-state index contributed by atoms with van der Waals surface area (Å²) >= 11 is 2.96. The molecule has 4 rings (SSSR count). The van der Waals surface area contributed by atoms with E-state index in [2.05, 4.69) is 26.1 Å². The van der Waals surface area contributed by atoms with Crippen LogP contribution >= 0.6 is 15.9 Å². The van der Waals surface area contributed by atoms with Crippen LogP contribution in [0.3, 0.4) is 0 Å². The molecule has 0 aliphatic heterocycles. The number of sulfonamides is 2. The molecule has 0 saturated carbocycles. The Kier molecular flexibility index (Phi) is 6.85. The number of aromatic amines is 1. The minimum absolute atomic E-state index is 0.0212. The minimum atomic E-state index is -5.83. The first kappa shape index (κ1) is 26.7. The van der Waals surface area contributed by atoms with E-state index in [1.54, 1.807) is 0 Å². The third kappa shape index (κ3) is 4.59. The maximum absolute atomic E-state index is 15.8. The van der Waals surface area contributed by atoms with Crippen molar-refractivity contribution in [3.8, 4) is 11.3 Å². The van der Waals surface area contributed by atoms with Gasteiger partial charge in [-0.05, 0) is 64.5 Å². The predicted molar refractivity (Wildman–Crippen MR) is 121 cm³/mol. The molecule has 0 atom stereocenters. The SMILES string of the molecule is O=S(=O)(c1cc(F)ccc1F)N(c1ccc(F)c(-c2[nH]ncc2Br)c1F)S(=O)(=O)c1cc(F)ccc1F. The molecule has 37 heavy (non-hydrogen) atoms. The second-order valence-electron chi connectivity index (χ2n) is 7.21. The molecule has 0 saturated heterocycles.